The monoisotopic (exact) mass is 298 g/mol. The predicted molar refractivity (Wildman–Crippen MR) is 92.6 cm³/mol. The zero-order valence-corrected chi connectivity index (χ0v) is 14.1. The molecule has 2 rings (SSSR count). The Kier molecular flexibility index (Phi) is 5.48. The molecule has 22 heavy (non-hydrogen) atoms. The van der Waals surface area contributed by atoms with Crippen molar-refractivity contribution in [1.82, 2.24) is 0 Å². The van der Waals surface area contributed by atoms with Gasteiger partial charge in [0.2, 0.25) is 0 Å². The lowest BCUT2D eigenvalue weighted by atomic mass is 9.98. The van der Waals surface area contributed by atoms with Crippen molar-refractivity contribution in [1.29, 1.82) is 0 Å². The van der Waals surface area contributed by atoms with Crippen LogP contribution in [0.5, 0.6) is 11.5 Å². The van der Waals surface area contributed by atoms with E-state index in [1.807, 2.05) is 30.3 Å². The Morgan fingerprint density at radius 3 is 2.27 bits per heavy atom. The SMILES string of the molecule is CCCOc1cc(OCC(C)(C)C)ccc1-c1ccccc1. The normalized spacial score (nSPS) is 11.3. The molecule has 0 aliphatic carbocycles. The summed E-state index contributed by atoms with van der Waals surface area (Å²) in [5, 5.41) is 0. The van der Waals surface area contributed by atoms with Crippen LogP contribution in [0, 0.1) is 5.41 Å². The van der Waals surface area contributed by atoms with Gasteiger partial charge in [0.25, 0.3) is 0 Å². The van der Waals surface area contributed by atoms with Gasteiger partial charge >= 0.3 is 0 Å². The minimum absolute atomic E-state index is 0.141. The van der Waals surface area contributed by atoms with Gasteiger partial charge in [-0.25, -0.2) is 0 Å². The number of hydrogen-bond donors (Lipinski definition) is 0. The van der Waals surface area contributed by atoms with Gasteiger partial charge in [-0.05, 0) is 29.5 Å². The second-order valence-electron chi connectivity index (χ2n) is 6.72. The van der Waals surface area contributed by atoms with Crippen molar-refractivity contribution in [2.45, 2.75) is 34.1 Å². The van der Waals surface area contributed by atoms with Crippen molar-refractivity contribution in [3.63, 3.8) is 0 Å². The number of ether oxygens (including phenoxy) is 2. The summed E-state index contributed by atoms with van der Waals surface area (Å²) in [6.45, 7) is 10.0. The molecule has 0 saturated heterocycles. The second kappa shape index (κ2) is 7.35. The van der Waals surface area contributed by atoms with E-state index in [0.717, 1.165) is 29.0 Å². The van der Waals surface area contributed by atoms with Crippen LogP contribution in [-0.4, -0.2) is 13.2 Å². The van der Waals surface area contributed by atoms with Gasteiger partial charge in [0.15, 0.2) is 0 Å². The minimum Gasteiger partial charge on any atom is -0.493 e. The van der Waals surface area contributed by atoms with Crippen molar-refractivity contribution in [3.8, 4) is 22.6 Å². The van der Waals surface area contributed by atoms with E-state index in [9.17, 15) is 0 Å². The molecule has 0 bridgehead atoms. The third-order valence-corrected chi connectivity index (χ3v) is 3.17. The maximum Gasteiger partial charge on any atom is 0.130 e. The molecule has 0 spiro atoms. The molecule has 2 heteroatoms. The maximum atomic E-state index is 5.93. The molecular weight excluding hydrogens is 272 g/mol. The first-order valence-corrected chi connectivity index (χ1v) is 7.94. The zero-order valence-electron chi connectivity index (χ0n) is 14.1. The van der Waals surface area contributed by atoms with Crippen LogP contribution in [0.15, 0.2) is 48.5 Å². The molecule has 0 aliphatic rings. The maximum absolute atomic E-state index is 5.93. The van der Waals surface area contributed by atoms with Crippen LogP contribution in [0.25, 0.3) is 11.1 Å². The molecule has 0 amide bonds. The van der Waals surface area contributed by atoms with Gasteiger partial charge in [0.05, 0.1) is 13.2 Å². The first-order valence-electron chi connectivity index (χ1n) is 7.94. The molecule has 0 N–H and O–H groups in total. The van der Waals surface area contributed by atoms with Gasteiger partial charge in [0, 0.05) is 11.6 Å². The fraction of sp³-hybridized carbons (Fsp3) is 0.400. The summed E-state index contributed by atoms with van der Waals surface area (Å²) < 4.78 is 11.8. The Labute approximate surface area is 134 Å². The second-order valence-corrected chi connectivity index (χ2v) is 6.72. The number of hydrogen-bond acceptors (Lipinski definition) is 2. The molecule has 0 unspecified atom stereocenters. The largest absolute Gasteiger partial charge is 0.493 e. The highest BCUT2D eigenvalue weighted by Crippen LogP contribution is 2.34. The van der Waals surface area contributed by atoms with Crippen LogP contribution in [0.4, 0.5) is 0 Å². The number of rotatable bonds is 6. The van der Waals surface area contributed by atoms with Crippen LogP contribution in [0.3, 0.4) is 0 Å². The molecule has 0 aliphatic heterocycles. The van der Waals surface area contributed by atoms with Crippen LogP contribution in [0.1, 0.15) is 34.1 Å². The van der Waals surface area contributed by atoms with E-state index in [2.05, 4.69) is 45.9 Å². The van der Waals surface area contributed by atoms with Crippen LogP contribution >= 0.6 is 0 Å². The highest BCUT2D eigenvalue weighted by Gasteiger charge is 2.13. The van der Waals surface area contributed by atoms with Crippen molar-refractivity contribution in [2.24, 2.45) is 5.41 Å². The summed E-state index contributed by atoms with van der Waals surface area (Å²) in [5.41, 5.74) is 2.41. The van der Waals surface area contributed by atoms with E-state index >= 15 is 0 Å². The van der Waals surface area contributed by atoms with E-state index in [0.29, 0.717) is 13.2 Å². The standard InChI is InChI=1S/C20H26O2/c1-5-13-21-19-14-17(22-15-20(2,3)4)11-12-18(19)16-9-7-6-8-10-16/h6-12,14H,5,13,15H2,1-4H3. The van der Waals surface area contributed by atoms with Crippen molar-refractivity contribution >= 4 is 0 Å². The van der Waals surface area contributed by atoms with Gasteiger partial charge in [0.1, 0.15) is 11.5 Å². The molecular formula is C20H26O2. The molecule has 0 atom stereocenters. The third kappa shape index (κ3) is 4.80. The summed E-state index contributed by atoms with van der Waals surface area (Å²) >= 11 is 0. The summed E-state index contributed by atoms with van der Waals surface area (Å²) in [6, 6.07) is 16.4. The van der Waals surface area contributed by atoms with Crippen molar-refractivity contribution in [3.05, 3.63) is 48.5 Å². The fourth-order valence-corrected chi connectivity index (χ4v) is 2.08. The Morgan fingerprint density at radius 1 is 0.909 bits per heavy atom. The van der Waals surface area contributed by atoms with Gasteiger partial charge in [-0.2, -0.15) is 0 Å². The average Bonchev–Trinajstić information content (AvgIpc) is 2.51. The topological polar surface area (TPSA) is 18.5 Å². The molecule has 0 heterocycles. The van der Waals surface area contributed by atoms with Gasteiger partial charge < -0.3 is 9.47 Å². The molecule has 2 nitrogen and oxygen atoms in total. The molecule has 0 radical (unpaired) electrons. The van der Waals surface area contributed by atoms with E-state index < -0.39 is 0 Å². The van der Waals surface area contributed by atoms with E-state index in [4.69, 9.17) is 9.47 Å². The summed E-state index contributed by atoms with van der Waals surface area (Å²) in [6.07, 6.45) is 0.987. The summed E-state index contributed by atoms with van der Waals surface area (Å²) in [5.74, 6) is 1.75. The first kappa shape index (κ1) is 16.4. The fourth-order valence-electron chi connectivity index (χ4n) is 2.08. The van der Waals surface area contributed by atoms with E-state index in [1.54, 1.807) is 0 Å². The predicted octanol–water partition coefficient (Wildman–Crippen LogP) is 5.57. The van der Waals surface area contributed by atoms with Crippen LogP contribution in [0.2, 0.25) is 0 Å². The molecule has 0 fully saturated rings. The highest BCUT2D eigenvalue weighted by molar-refractivity contribution is 5.71. The lowest BCUT2D eigenvalue weighted by Crippen LogP contribution is -2.16. The third-order valence-electron chi connectivity index (χ3n) is 3.17. The van der Waals surface area contributed by atoms with Gasteiger partial charge in [-0.15, -0.1) is 0 Å². The zero-order chi connectivity index (χ0) is 16.0. The van der Waals surface area contributed by atoms with E-state index in [-0.39, 0.29) is 5.41 Å². The quantitative estimate of drug-likeness (QED) is 0.694. The Morgan fingerprint density at radius 2 is 1.64 bits per heavy atom. The molecule has 0 aromatic heterocycles. The molecule has 2 aromatic carbocycles. The molecule has 118 valence electrons. The van der Waals surface area contributed by atoms with Gasteiger partial charge in [-0.1, -0.05) is 58.0 Å². The van der Waals surface area contributed by atoms with Gasteiger partial charge in [-0.3, -0.25) is 0 Å². The van der Waals surface area contributed by atoms with Crippen molar-refractivity contribution in [2.75, 3.05) is 13.2 Å². The van der Waals surface area contributed by atoms with Crippen LogP contribution in [-0.2, 0) is 0 Å². The lowest BCUT2D eigenvalue weighted by molar-refractivity contribution is 0.197. The minimum atomic E-state index is 0.141. The first-order chi connectivity index (χ1) is 10.5. The Balaban J connectivity index is 2.26. The average molecular weight is 298 g/mol. The molecule has 2 aromatic rings. The van der Waals surface area contributed by atoms with Crippen molar-refractivity contribution < 1.29 is 9.47 Å². The summed E-state index contributed by atoms with van der Waals surface area (Å²) in [7, 11) is 0. The van der Waals surface area contributed by atoms with Crippen LogP contribution < -0.4 is 9.47 Å². The Bertz CT molecular complexity index is 582. The highest BCUT2D eigenvalue weighted by atomic mass is 16.5. The Hall–Kier alpha value is -1.96. The molecule has 0 saturated carbocycles. The smallest absolute Gasteiger partial charge is 0.130 e. The van der Waals surface area contributed by atoms with E-state index in [1.165, 1.54) is 0 Å². The number of benzene rings is 2. The summed E-state index contributed by atoms with van der Waals surface area (Å²) in [4.78, 5) is 0. The lowest BCUT2D eigenvalue weighted by Gasteiger charge is -2.20.